The first kappa shape index (κ1) is 18.2. The van der Waals surface area contributed by atoms with Gasteiger partial charge in [-0.2, -0.15) is 0 Å². The Kier molecular flexibility index (Phi) is 4.60. The number of carbonyl (C=O) groups excluding carboxylic acids is 1. The molecule has 0 N–H and O–H groups in total. The summed E-state index contributed by atoms with van der Waals surface area (Å²) in [5.41, 5.74) is 0.280. The molecule has 9 nitrogen and oxygen atoms in total. The van der Waals surface area contributed by atoms with E-state index in [1.807, 2.05) is 30.3 Å². The minimum Gasteiger partial charge on any atom is -0.378 e. The van der Waals surface area contributed by atoms with Crippen molar-refractivity contribution in [2.24, 2.45) is 14.1 Å². The molecule has 1 aliphatic rings. The van der Waals surface area contributed by atoms with Crippen LogP contribution in [-0.4, -0.2) is 55.8 Å². The van der Waals surface area contributed by atoms with Crippen LogP contribution in [-0.2, 0) is 23.6 Å². The largest absolute Gasteiger partial charge is 0.378 e. The molecular weight excluding hydrogens is 362 g/mol. The molecule has 1 amide bonds. The highest BCUT2D eigenvalue weighted by Gasteiger charge is 2.31. The second kappa shape index (κ2) is 7.08. The molecule has 9 heteroatoms. The predicted molar refractivity (Wildman–Crippen MR) is 102 cm³/mol. The quantitative estimate of drug-likeness (QED) is 0.629. The first-order valence-corrected chi connectivity index (χ1v) is 9.04. The van der Waals surface area contributed by atoms with Crippen LogP contribution in [0.1, 0.15) is 11.6 Å². The zero-order valence-corrected chi connectivity index (χ0v) is 15.7. The molecule has 1 saturated heterocycles. The second-order valence-electron chi connectivity index (χ2n) is 6.78. The Bertz CT molecular complexity index is 1140. The summed E-state index contributed by atoms with van der Waals surface area (Å²) in [5.74, 6) is -0.135. The summed E-state index contributed by atoms with van der Waals surface area (Å²) >= 11 is 0. The Morgan fingerprint density at radius 2 is 1.75 bits per heavy atom. The number of aromatic nitrogens is 4. The Labute approximate surface area is 160 Å². The molecule has 2 aromatic heterocycles. The summed E-state index contributed by atoms with van der Waals surface area (Å²) in [6.45, 7) is 1.94. The van der Waals surface area contributed by atoms with E-state index in [4.69, 9.17) is 4.74 Å². The zero-order valence-electron chi connectivity index (χ0n) is 15.7. The highest BCUT2D eigenvalue weighted by molar-refractivity contribution is 5.86. The summed E-state index contributed by atoms with van der Waals surface area (Å²) in [6.07, 6.45) is 1.46. The average Bonchev–Trinajstić information content (AvgIpc) is 3.17. The van der Waals surface area contributed by atoms with E-state index in [0.717, 1.165) is 10.1 Å². The van der Waals surface area contributed by atoms with Crippen molar-refractivity contribution in [3.63, 3.8) is 0 Å². The van der Waals surface area contributed by atoms with Crippen molar-refractivity contribution >= 4 is 17.1 Å². The van der Waals surface area contributed by atoms with Crippen LogP contribution in [0, 0.1) is 0 Å². The number of amides is 1. The lowest BCUT2D eigenvalue weighted by atomic mass is 10.0. The molecule has 0 spiro atoms. The van der Waals surface area contributed by atoms with E-state index in [0.29, 0.717) is 26.3 Å². The Hall–Kier alpha value is -3.20. The van der Waals surface area contributed by atoms with E-state index in [9.17, 15) is 14.4 Å². The van der Waals surface area contributed by atoms with Gasteiger partial charge in [-0.25, -0.2) is 9.78 Å². The number of rotatable bonds is 3. The first-order chi connectivity index (χ1) is 13.5. The fraction of sp³-hybridized carbons (Fsp3) is 0.368. The molecule has 1 aromatic carbocycles. The van der Waals surface area contributed by atoms with Crippen LogP contribution >= 0.6 is 0 Å². The number of ether oxygens (including phenoxy) is 1. The van der Waals surface area contributed by atoms with Crippen molar-refractivity contribution in [2.75, 3.05) is 26.3 Å². The van der Waals surface area contributed by atoms with Crippen LogP contribution in [0.2, 0.25) is 0 Å². The summed E-state index contributed by atoms with van der Waals surface area (Å²) in [4.78, 5) is 44.5. The normalized spacial score (nSPS) is 15.7. The fourth-order valence-electron chi connectivity index (χ4n) is 3.57. The number of fused-ring (bicyclic) bond motifs is 1. The van der Waals surface area contributed by atoms with Gasteiger partial charge in [0.05, 0.1) is 19.5 Å². The van der Waals surface area contributed by atoms with Gasteiger partial charge in [0, 0.05) is 27.2 Å². The maximum Gasteiger partial charge on any atom is 0.332 e. The van der Waals surface area contributed by atoms with Crippen molar-refractivity contribution in [1.29, 1.82) is 0 Å². The van der Waals surface area contributed by atoms with Crippen LogP contribution in [0.4, 0.5) is 0 Å². The van der Waals surface area contributed by atoms with Crippen LogP contribution in [0.3, 0.4) is 0 Å². The van der Waals surface area contributed by atoms with Gasteiger partial charge in [-0.1, -0.05) is 30.3 Å². The van der Waals surface area contributed by atoms with Gasteiger partial charge in [0.1, 0.15) is 6.04 Å². The number of imidazole rings is 1. The second-order valence-corrected chi connectivity index (χ2v) is 6.78. The van der Waals surface area contributed by atoms with E-state index < -0.39 is 17.3 Å². The van der Waals surface area contributed by atoms with Gasteiger partial charge in [0.25, 0.3) is 5.56 Å². The molecule has 0 saturated carbocycles. The van der Waals surface area contributed by atoms with Crippen LogP contribution in [0.15, 0.2) is 46.2 Å². The number of aryl methyl sites for hydroxylation is 1. The van der Waals surface area contributed by atoms with Crippen LogP contribution < -0.4 is 11.2 Å². The van der Waals surface area contributed by atoms with Gasteiger partial charge in [0.15, 0.2) is 11.2 Å². The lowest BCUT2D eigenvalue weighted by Crippen LogP contribution is -2.45. The van der Waals surface area contributed by atoms with Crippen molar-refractivity contribution < 1.29 is 9.53 Å². The molecular formula is C19H21N5O4. The third-order valence-electron chi connectivity index (χ3n) is 5.12. The molecule has 0 unspecified atom stereocenters. The molecule has 1 fully saturated rings. The van der Waals surface area contributed by atoms with Gasteiger partial charge in [-0.05, 0) is 5.56 Å². The lowest BCUT2D eigenvalue weighted by Gasteiger charge is -2.31. The SMILES string of the molecule is Cn1c(=O)c2c(ncn2[C@@H](C(=O)N2CCOCC2)c2ccccc2)n(C)c1=O. The summed E-state index contributed by atoms with van der Waals surface area (Å²) in [6, 6.07) is 8.51. The zero-order chi connectivity index (χ0) is 19.8. The van der Waals surface area contributed by atoms with Gasteiger partial charge in [-0.15, -0.1) is 0 Å². The topological polar surface area (TPSA) is 91.4 Å². The van der Waals surface area contributed by atoms with Gasteiger partial charge in [0.2, 0.25) is 5.91 Å². The number of carbonyl (C=O) groups is 1. The van der Waals surface area contributed by atoms with Crippen LogP contribution in [0.25, 0.3) is 11.2 Å². The monoisotopic (exact) mass is 383 g/mol. The molecule has 3 aromatic rings. The maximum absolute atomic E-state index is 13.4. The van der Waals surface area contributed by atoms with E-state index in [2.05, 4.69) is 4.98 Å². The van der Waals surface area contributed by atoms with Gasteiger partial charge in [-0.3, -0.25) is 18.7 Å². The Morgan fingerprint density at radius 1 is 1.07 bits per heavy atom. The highest BCUT2D eigenvalue weighted by Crippen LogP contribution is 2.24. The van der Waals surface area contributed by atoms with Crippen molar-refractivity contribution in [2.45, 2.75) is 6.04 Å². The summed E-state index contributed by atoms with van der Waals surface area (Å²) in [5, 5.41) is 0. The van der Waals surface area contributed by atoms with Gasteiger partial charge >= 0.3 is 5.69 Å². The molecule has 0 aliphatic carbocycles. The van der Waals surface area contributed by atoms with E-state index in [1.165, 1.54) is 17.9 Å². The number of hydrogen-bond donors (Lipinski definition) is 0. The Morgan fingerprint density at radius 3 is 2.43 bits per heavy atom. The first-order valence-electron chi connectivity index (χ1n) is 9.04. The average molecular weight is 383 g/mol. The molecule has 1 atom stereocenters. The standard InChI is InChI=1S/C19H21N5O4/c1-21-16-15(17(25)22(2)19(21)27)24(12-20-16)14(13-6-4-3-5-7-13)18(26)23-8-10-28-11-9-23/h3-7,12,14H,8-11H2,1-2H3/t14-/m1/s1. The molecule has 28 heavy (non-hydrogen) atoms. The fourth-order valence-corrected chi connectivity index (χ4v) is 3.57. The molecule has 4 rings (SSSR count). The lowest BCUT2D eigenvalue weighted by molar-refractivity contribution is -0.137. The number of benzene rings is 1. The highest BCUT2D eigenvalue weighted by atomic mass is 16.5. The summed E-state index contributed by atoms with van der Waals surface area (Å²) in [7, 11) is 2.98. The number of hydrogen-bond acceptors (Lipinski definition) is 5. The third-order valence-corrected chi connectivity index (χ3v) is 5.12. The van der Waals surface area contributed by atoms with E-state index in [1.54, 1.807) is 16.5 Å². The molecule has 0 radical (unpaired) electrons. The van der Waals surface area contributed by atoms with Crippen molar-refractivity contribution in [3.05, 3.63) is 63.1 Å². The third kappa shape index (κ3) is 2.84. The number of morpholine rings is 1. The predicted octanol–water partition coefficient (Wildman–Crippen LogP) is -0.118. The van der Waals surface area contributed by atoms with E-state index >= 15 is 0 Å². The maximum atomic E-state index is 13.4. The minimum atomic E-state index is -0.755. The van der Waals surface area contributed by atoms with E-state index in [-0.39, 0.29) is 17.1 Å². The molecule has 1 aliphatic heterocycles. The molecule has 146 valence electrons. The Balaban J connectivity index is 1.94. The van der Waals surface area contributed by atoms with Crippen molar-refractivity contribution in [1.82, 2.24) is 23.6 Å². The van der Waals surface area contributed by atoms with Crippen molar-refractivity contribution in [3.8, 4) is 0 Å². The number of nitrogens with zero attached hydrogens (tertiary/aromatic N) is 5. The van der Waals surface area contributed by atoms with Gasteiger partial charge < -0.3 is 14.2 Å². The molecule has 0 bridgehead atoms. The minimum absolute atomic E-state index is 0.135. The summed E-state index contributed by atoms with van der Waals surface area (Å²) < 4.78 is 9.27. The molecule has 3 heterocycles. The smallest absolute Gasteiger partial charge is 0.332 e. The van der Waals surface area contributed by atoms with Crippen LogP contribution in [0.5, 0.6) is 0 Å².